The number of carboxylic acid groups (broad SMARTS) is 1. The minimum atomic E-state index is -0.588. The molecule has 2 aliphatic carbocycles. The van der Waals surface area contributed by atoms with E-state index in [-0.39, 0.29) is 17.3 Å². The van der Waals surface area contributed by atoms with Crippen LogP contribution in [0.15, 0.2) is 0 Å². The molecule has 4 atom stereocenters. The second kappa shape index (κ2) is 3.73. The summed E-state index contributed by atoms with van der Waals surface area (Å²) in [7, 11) is 0. The minimum Gasteiger partial charge on any atom is -0.481 e. The van der Waals surface area contributed by atoms with Crippen LogP contribution in [0.3, 0.4) is 0 Å². The molecule has 2 fully saturated rings. The van der Waals surface area contributed by atoms with E-state index in [2.05, 4.69) is 34.6 Å². The van der Waals surface area contributed by atoms with Crippen molar-refractivity contribution in [1.82, 2.24) is 0 Å². The normalized spacial score (nSPS) is 40.8. The summed E-state index contributed by atoms with van der Waals surface area (Å²) in [5.74, 6) is 0.593. The second-order valence-electron chi connectivity index (χ2n) is 7.32. The van der Waals surface area contributed by atoms with Gasteiger partial charge in [-0.15, -0.1) is 0 Å². The van der Waals surface area contributed by atoms with Crippen LogP contribution >= 0.6 is 0 Å². The number of fused-ring (bicyclic) bond motifs is 2. The van der Waals surface area contributed by atoms with Crippen LogP contribution in [0.2, 0.25) is 0 Å². The van der Waals surface area contributed by atoms with Crippen molar-refractivity contribution in [3.8, 4) is 0 Å². The van der Waals surface area contributed by atoms with Crippen LogP contribution in [0, 0.1) is 34.5 Å². The van der Waals surface area contributed by atoms with Crippen molar-refractivity contribution in [2.45, 2.75) is 53.9 Å². The number of rotatable bonds is 3. The molecule has 2 aliphatic rings. The largest absolute Gasteiger partial charge is 0.481 e. The van der Waals surface area contributed by atoms with Gasteiger partial charge in [0.2, 0.25) is 0 Å². The average Bonchev–Trinajstić information content (AvgIpc) is 2.49. The van der Waals surface area contributed by atoms with Crippen molar-refractivity contribution < 1.29 is 9.90 Å². The molecule has 0 aromatic heterocycles. The molecule has 98 valence electrons. The fourth-order valence-corrected chi connectivity index (χ4v) is 4.73. The van der Waals surface area contributed by atoms with E-state index in [9.17, 15) is 9.90 Å². The van der Waals surface area contributed by atoms with Crippen LogP contribution in [-0.2, 0) is 4.79 Å². The summed E-state index contributed by atoms with van der Waals surface area (Å²) in [4.78, 5) is 11.6. The van der Waals surface area contributed by atoms with Crippen LogP contribution in [0.1, 0.15) is 53.9 Å². The molecule has 1 N–H and O–H groups in total. The van der Waals surface area contributed by atoms with Crippen molar-refractivity contribution in [3.63, 3.8) is 0 Å². The molecule has 0 aliphatic heterocycles. The Morgan fingerprint density at radius 2 is 1.88 bits per heavy atom. The fourth-order valence-electron chi connectivity index (χ4n) is 4.73. The van der Waals surface area contributed by atoms with Gasteiger partial charge in [-0.25, -0.2) is 0 Å². The van der Waals surface area contributed by atoms with Gasteiger partial charge in [-0.05, 0) is 47.8 Å². The van der Waals surface area contributed by atoms with Crippen molar-refractivity contribution in [1.29, 1.82) is 0 Å². The highest BCUT2D eigenvalue weighted by Crippen LogP contribution is 2.70. The van der Waals surface area contributed by atoms with E-state index in [1.807, 2.05) is 0 Å². The standard InChI is InChI=1S/C15H26O2/c1-9(2)12(13(16)17)11-8-10-6-7-15(11,5)14(10,3)4/h9-12H,6-8H2,1-5H3,(H,16,17). The van der Waals surface area contributed by atoms with Gasteiger partial charge < -0.3 is 5.11 Å². The van der Waals surface area contributed by atoms with Crippen LogP contribution in [0.5, 0.6) is 0 Å². The lowest BCUT2D eigenvalue weighted by Crippen LogP contribution is -2.40. The summed E-state index contributed by atoms with van der Waals surface area (Å²) < 4.78 is 0. The maximum absolute atomic E-state index is 11.6. The first-order chi connectivity index (χ1) is 7.72. The Morgan fingerprint density at radius 3 is 2.18 bits per heavy atom. The van der Waals surface area contributed by atoms with Gasteiger partial charge in [0.15, 0.2) is 0 Å². The molecule has 2 heteroatoms. The van der Waals surface area contributed by atoms with Crippen LogP contribution in [-0.4, -0.2) is 11.1 Å². The third kappa shape index (κ3) is 1.56. The van der Waals surface area contributed by atoms with Crippen molar-refractivity contribution in [2.24, 2.45) is 34.5 Å². The topological polar surface area (TPSA) is 37.3 Å². The van der Waals surface area contributed by atoms with Crippen molar-refractivity contribution in [2.75, 3.05) is 0 Å². The van der Waals surface area contributed by atoms with Crippen LogP contribution in [0.4, 0.5) is 0 Å². The minimum absolute atomic E-state index is 0.162. The zero-order valence-electron chi connectivity index (χ0n) is 11.8. The predicted molar refractivity (Wildman–Crippen MR) is 68.7 cm³/mol. The summed E-state index contributed by atoms with van der Waals surface area (Å²) in [5, 5.41) is 9.52. The number of hydrogen-bond donors (Lipinski definition) is 1. The first-order valence-corrected chi connectivity index (χ1v) is 6.94. The Bertz CT molecular complexity index is 332. The second-order valence-corrected chi connectivity index (χ2v) is 7.32. The molecule has 4 unspecified atom stereocenters. The lowest BCUT2D eigenvalue weighted by atomic mass is 9.61. The Labute approximate surface area is 105 Å². The first-order valence-electron chi connectivity index (χ1n) is 6.94. The quantitative estimate of drug-likeness (QED) is 0.812. The number of aliphatic carboxylic acids is 1. The number of carbonyl (C=O) groups is 1. The highest BCUT2D eigenvalue weighted by atomic mass is 16.4. The van der Waals surface area contributed by atoms with E-state index in [0.29, 0.717) is 11.3 Å². The van der Waals surface area contributed by atoms with Gasteiger partial charge in [0.1, 0.15) is 0 Å². The SMILES string of the molecule is CC(C)C(C(=O)O)C1CC2CCC1(C)C2(C)C. The molecule has 0 aromatic rings. The van der Waals surface area contributed by atoms with Gasteiger partial charge in [-0.3, -0.25) is 4.79 Å². The molecular formula is C15H26O2. The molecule has 0 saturated heterocycles. The van der Waals surface area contributed by atoms with E-state index < -0.39 is 5.97 Å². The monoisotopic (exact) mass is 238 g/mol. The van der Waals surface area contributed by atoms with E-state index in [4.69, 9.17) is 0 Å². The zero-order chi connectivity index (χ0) is 13.0. The lowest BCUT2D eigenvalue weighted by Gasteiger charge is -2.42. The number of hydrogen-bond acceptors (Lipinski definition) is 1. The summed E-state index contributed by atoms with van der Waals surface area (Å²) in [6, 6.07) is 0. The molecule has 17 heavy (non-hydrogen) atoms. The van der Waals surface area contributed by atoms with Crippen molar-refractivity contribution in [3.05, 3.63) is 0 Å². The highest BCUT2D eigenvalue weighted by Gasteiger charge is 2.63. The summed E-state index contributed by atoms with van der Waals surface area (Å²) in [6.45, 7) is 11.2. The molecule has 2 rings (SSSR count). The molecule has 2 saturated carbocycles. The zero-order valence-corrected chi connectivity index (χ0v) is 11.8. The van der Waals surface area contributed by atoms with E-state index in [0.717, 1.165) is 12.3 Å². The maximum atomic E-state index is 11.6. The van der Waals surface area contributed by atoms with Gasteiger partial charge in [-0.1, -0.05) is 34.6 Å². The summed E-state index contributed by atoms with van der Waals surface area (Å²) in [5.41, 5.74) is 0.547. The van der Waals surface area contributed by atoms with Gasteiger partial charge in [-0.2, -0.15) is 0 Å². The molecule has 0 aromatic carbocycles. The smallest absolute Gasteiger partial charge is 0.307 e. The first kappa shape index (κ1) is 12.9. The predicted octanol–water partition coefficient (Wildman–Crippen LogP) is 3.81. The molecular weight excluding hydrogens is 212 g/mol. The molecule has 0 spiro atoms. The summed E-state index contributed by atoms with van der Waals surface area (Å²) >= 11 is 0. The average molecular weight is 238 g/mol. The van der Waals surface area contributed by atoms with Crippen molar-refractivity contribution >= 4 is 5.97 Å². The molecule has 0 amide bonds. The Morgan fingerprint density at radius 1 is 1.29 bits per heavy atom. The third-order valence-electron chi connectivity index (χ3n) is 6.30. The number of carboxylic acids is 1. The van der Waals surface area contributed by atoms with Crippen LogP contribution < -0.4 is 0 Å². The van der Waals surface area contributed by atoms with E-state index in [1.165, 1.54) is 12.8 Å². The van der Waals surface area contributed by atoms with Gasteiger partial charge >= 0.3 is 5.97 Å². The molecule has 0 radical (unpaired) electrons. The highest BCUT2D eigenvalue weighted by molar-refractivity contribution is 5.71. The van der Waals surface area contributed by atoms with E-state index in [1.54, 1.807) is 0 Å². The molecule has 2 bridgehead atoms. The van der Waals surface area contributed by atoms with E-state index >= 15 is 0 Å². The maximum Gasteiger partial charge on any atom is 0.307 e. The van der Waals surface area contributed by atoms with Gasteiger partial charge in [0.05, 0.1) is 5.92 Å². The van der Waals surface area contributed by atoms with Crippen LogP contribution in [0.25, 0.3) is 0 Å². The Hall–Kier alpha value is -0.530. The lowest BCUT2D eigenvalue weighted by molar-refractivity contribution is -0.148. The molecule has 2 nitrogen and oxygen atoms in total. The third-order valence-corrected chi connectivity index (χ3v) is 6.30. The van der Waals surface area contributed by atoms with Gasteiger partial charge in [0.25, 0.3) is 0 Å². The Balaban J connectivity index is 2.33. The van der Waals surface area contributed by atoms with Gasteiger partial charge in [0, 0.05) is 0 Å². The Kier molecular flexibility index (Phi) is 2.83. The fraction of sp³-hybridized carbons (Fsp3) is 0.933. The summed E-state index contributed by atoms with van der Waals surface area (Å²) in [6.07, 6.45) is 3.63. The molecule has 0 heterocycles.